The molecule has 33 heavy (non-hydrogen) atoms. The maximum absolute atomic E-state index is 12.6. The Kier molecular flexibility index (Phi) is 8.30. The Labute approximate surface area is 190 Å². The zero-order valence-electron chi connectivity index (χ0n) is 18.2. The van der Waals surface area contributed by atoms with Gasteiger partial charge in [-0.15, -0.1) is 0 Å². The average molecular weight is 491 g/mol. The highest BCUT2D eigenvalue weighted by atomic mass is 32.2. The minimum absolute atomic E-state index is 0.0778. The SMILES string of the molecule is CC(C)(C)OC(=O)N(CCc1ccc(OS(=O)(=O)C(F)(F)F)cc1)C[C@@H](O)c1cccnc1. The van der Waals surface area contributed by atoms with Gasteiger partial charge >= 0.3 is 21.7 Å². The average Bonchev–Trinajstić information content (AvgIpc) is 2.70. The maximum atomic E-state index is 12.6. The number of halogens is 3. The lowest BCUT2D eigenvalue weighted by Crippen LogP contribution is -2.40. The van der Waals surface area contributed by atoms with Crippen LogP contribution >= 0.6 is 0 Å². The van der Waals surface area contributed by atoms with Crippen LogP contribution in [0, 0.1) is 0 Å². The number of amides is 1. The van der Waals surface area contributed by atoms with E-state index in [-0.39, 0.29) is 19.5 Å². The standard InChI is InChI=1S/C21H25F3N2O6S/c1-20(2,3)31-19(28)26(14-18(27)16-5-4-11-25-13-16)12-10-15-6-8-17(9-7-15)32-33(29,30)21(22,23)24/h4-9,11,13,18,27H,10,12,14H2,1-3H3/t18-/m1/s1. The van der Waals surface area contributed by atoms with E-state index >= 15 is 0 Å². The Balaban J connectivity index is 2.09. The maximum Gasteiger partial charge on any atom is 0.534 e. The number of hydrogen-bond donors (Lipinski definition) is 1. The summed E-state index contributed by atoms with van der Waals surface area (Å²) >= 11 is 0. The number of aliphatic hydroxyl groups is 1. The van der Waals surface area contributed by atoms with E-state index in [0.717, 1.165) is 12.1 Å². The van der Waals surface area contributed by atoms with E-state index in [2.05, 4.69) is 9.17 Å². The third kappa shape index (κ3) is 8.21. The first-order chi connectivity index (χ1) is 15.2. The molecule has 12 heteroatoms. The second-order valence-electron chi connectivity index (χ2n) is 8.11. The van der Waals surface area contributed by atoms with Crippen LogP contribution in [0.4, 0.5) is 18.0 Å². The molecule has 1 amide bonds. The zero-order chi connectivity index (χ0) is 24.9. The minimum atomic E-state index is -5.76. The third-order valence-corrected chi connectivity index (χ3v) is 5.18. The van der Waals surface area contributed by atoms with Gasteiger partial charge in [0.25, 0.3) is 0 Å². The number of rotatable bonds is 8. The van der Waals surface area contributed by atoms with E-state index in [9.17, 15) is 31.5 Å². The van der Waals surface area contributed by atoms with Crippen LogP contribution in [0.15, 0.2) is 48.8 Å². The number of aromatic nitrogens is 1. The van der Waals surface area contributed by atoms with Crippen LogP contribution in [-0.2, 0) is 21.3 Å². The molecule has 0 radical (unpaired) electrons. The van der Waals surface area contributed by atoms with Crippen molar-refractivity contribution in [3.05, 3.63) is 59.9 Å². The number of nitrogens with zero attached hydrogens (tertiary/aromatic N) is 2. The number of hydrogen-bond acceptors (Lipinski definition) is 7. The fourth-order valence-electron chi connectivity index (χ4n) is 2.62. The molecular weight excluding hydrogens is 465 g/mol. The summed E-state index contributed by atoms with van der Waals surface area (Å²) in [6.45, 7) is 5.15. The monoisotopic (exact) mass is 490 g/mol. The Morgan fingerprint density at radius 2 is 1.79 bits per heavy atom. The first-order valence-electron chi connectivity index (χ1n) is 9.83. The van der Waals surface area contributed by atoms with E-state index < -0.39 is 39.2 Å². The summed E-state index contributed by atoms with van der Waals surface area (Å²) in [5, 5.41) is 10.5. The molecule has 0 saturated heterocycles. The molecule has 0 unspecified atom stereocenters. The topological polar surface area (TPSA) is 106 Å². The third-order valence-electron chi connectivity index (χ3n) is 4.20. The molecule has 2 aromatic rings. The minimum Gasteiger partial charge on any atom is -0.444 e. The molecule has 1 N–H and O–H groups in total. The van der Waals surface area contributed by atoms with Crippen molar-refractivity contribution in [2.24, 2.45) is 0 Å². The van der Waals surface area contributed by atoms with Crippen LogP contribution in [0.2, 0.25) is 0 Å². The number of benzene rings is 1. The van der Waals surface area contributed by atoms with Crippen molar-refractivity contribution in [3.8, 4) is 5.75 Å². The summed E-state index contributed by atoms with van der Waals surface area (Å²) in [7, 11) is -5.76. The van der Waals surface area contributed by atoms with Crippen LogP contribution in [0.1, 0.15) is 38.0 Å². The van der Waals surface area contributed by atoms with Gasteiger partial charge in [-0.05, 0) is 51.0 Å². The highest BCUT2D eigenvalue weighted by Crippen LogP contribution is 2.27. The number of pyridine rings is 1. The number of alkyl halides is 3. The molecule has 8 nitrogen and oxygen atoms in total. The van der Waals surface area contributed by atoms with E-state index in [0.29, 0.717) is 11.1 Å². The first kappa shape index (κ1) is 26.4. The molecule has 2 rings (SSSR count). The summed E-state index contributed by atoms with van der Waals surface area (Å²) in [4.78, 5) is 17.9. The quantitative estimate of drug-likeness (QED) is 0.443. The van der Waals surface area contributed by atoms with Crippen molar-refractivity contribution in [1.29, 1.82) is 0 Å². The number of carbonyl (C=O) groups is 1. The molecule has 1 aromatic carbocycles. The number of aliphatic hydroxyl groups excluding tert-OH is 1. The fourth-order valence-corrected chi connectivity index (χ4v) is 3.08. The summed E-state index contributed by atoms with van der Waals surface area (Å²) < 4.78 is 69.0. The van der Waals surface area contributed by atoms with Crippen molar-refractivity contribution in [2.75, 3.05) is 13.1 Å². The summed E-state index contributed by atoms with van der Waals surface area (Å²) in [6.07, 6.45) is 1.61. The van der Waals surface area contributed by atoms with E-state index in [1.807, 2.05) is 0 Å². The fraction of sp³-hybridized carbons (Fsp3) is 0.429. The van der Waals surface area contributed by atoms with Crippen LogP contribution in [-0.4, -0.2) is 53.7 Å². The van der Waals surface area contributed by atoms with Gasteiger partial charge in [0.05, 0.1) is 12.6 Å². The van der Waals surface area contributed by atoms with Crippen LogP contribution < -0.4 is 4.18 Å². The molecule has 182 valence electrons. The molecule has 1 heterocycles. The van der Waals surface area contributed by atoms with Crippen LogP contribution in [0.3, 0.4) is 0 Å². The van der Waals surface area contributed by atoms with Crippen molar-refractivity contribution < 1.29 is 40.4 Å². The number of ether oxygens (including phenoxy) is 1. The van der Waals surface area contributed by atoms with Crippen molar-refractivity contribution in [2.45, 2.75) is 44.4 Å². The van der Waals surface area contributed by atoms with Gasteiger partial charge in [-0.3, -0.25) is 4.98 Å². The molecule has 0 aliphatic heterocycles. The Morgan fingerprint density at radius 1 is 1.15 bits per heavy atom. The van der Waals surface area contributed by atoms with Crippen molar-refractivity contribution in [1.82, 2.24) is 9.88 Å². The second-order valence-corrected chi connectivity index (χ2v) is 9.64. The zero-order valence-corrected chi connectivity index (χ0v) is 19.1. The van der Waals surface area contributed by atoms with E-state index in [4.69, 9.17) is 4.74 Å². The summed E-state index contributed by atoms with van der Waals surface area (Å²) in [6, 6.07) is 8.25. The van der Waals surface area contributed by atoms with E-state index in [1.165, 1.54) is 23.2 Å². The molecule has 1 aromatic heterocycles. The van der Waals surface area contributed by atoms with Gasteiger partial charge in [-0.25, -0.2) is 4.79 Å². The lowest BCUT2D eigenvalue weighted by atomic mass is 10.1. The second kappa shape index (κ2) is 10.4. The van der Waals surface area contributed by atoms with Gasteiger partial charge in [0, 0.05) is 24.5 Å². The first-order valence-corrected chi connectivity index (χ1v) is 11.2. The van der Waals surface area contributed by atoms with Gasteiger partial charge in [-0.1, -0.05) is 18.2 Å². The molecule has 1 atom stereocenters. The Hall–Kier alpha value is -2.86. The molecule has 0 spiro atoms. The predicted octanol–water partition coefficient (Wildman–Crippen LogP) is 3.82. The summed E-state index contributed by atoms with van der Waals surface area (Å²) in [5.74, 6) is -0.493. The Bertz CT molecular complexity index is 1020. The largest absolute Gasteiger partial charge is 0.534 e. The lowest BCUT2D eigenvalue weighted by molar-refractivity contribution is -0.0500. The predicted molar refractivity (Wildman–Crippen MR) is 113 cm³/mol. The van der Waals surface area contributed by atoms with Gasteiger partial charge in [0.2, 0.25) is 0 Å². The van der Waals surface area contributed by atoms with Gasteiger partial charge in [-0.2, -0.15) is 21.6 Å². The molecule has 0 bridgehead atoms. The van der Waals surface area contributed by atoms with Crippen molar-refractivity contribution in [3.63, 3.8) is 0 Å². The number of carbonyl (C=O) groups excluding carboxylic acids is 1. The normalized spacial score (nSPS) is 13.3. The smallest absolute Gasteiger partial charge is 0.444 e. The highest BCUT2D eigenvalue weighted by Gasteiger charge is 2.48. The van der Waals surface area contributed by atoms with Gasteiger partial charge in [0.15, 0.2) is 0 Å². The molecule has 0 fully saturated rings. The molecule has 0 aliphatic carbocycles. The van der Waals surface area contributed by atoms with Crippen LogP contribution in [0.5, 0.6) is 5.75 Å². The van der Waals surface area contributed by atoms with Crippen LogP contribution in [0.25, 0.3) is 0 Å². The van der Waals surface area contributed by atoms with Gasteiger partial charge < -0.3 is 18.9 Å². The lowest BCUT2D eigenvalue weighted by Gasteiger charge is -2.29. The molecule has 0 aliphatic rings. The molecule has 0 saturated carbocycles. The highest BCUT2D eigenvalue weighted by molar-refractivity contribution is 7.88. The van der Waals surface area contributed by atoms with Gasteiger partial charge in [0.1, 0.15) is 11.4 Å². The molecular formula is C21H25F3N2O6S. The Morgan fingerprint density at radius 3 is 2.30 bits per heavy atom. The van der Waals surface area contributed by atoms with Crippen molar-refractivity contribution >= 4 is 16.2 Å². The van der Waals surface area contributed by atoms with E-state index in [1.54, 1.807) is 39.1 Å². The summed E-state index contributed by atoms with van der Waals surface area (Å²) in [5.41, 5.74) is -5.19.